The van der Waals surface area contributed by atoms with E-state index < -0.39 is 46.4 Å². The Morgan fingerprint density at radius 1 is 1.17 bits per heavy atom. The zero-order valence-corrected chi connectivity index (χ0v) is 13.2. The SMILES string of the molecule is CC1(C)OC(=O)C(=CNc2ccc(SC(F)(F)F)cc2F)C(=O)O1. The van der Waals surface area contributed by atoms with Crippen molar-refractivity contribution in [2.75, 3.05) is 5.32 Å². The van der Waals surface area contributed by atoms with Crippen molar-refractivity contribution in [2.24, 2.45) is 0 Å². The number of hydrogen-bond donors (Lipinski definition) is 1. The van der Waals surface area contributed by atoms with Gasteiger partial charge >= 0.3 is 17.4 Å². The first kappa shape index (κ1) is 18.1. The molecule has 0 amide bonds. The predicted molar refractivity (Wildman–Crippen MR) is 76.3 cm³/mol. The van der Waals surface area contributed by atoms with Crippen LogP contribution in [0.1, 0.15) is 13.8 Å². The first-order valence-corrected chi connectivity index (χ1v) is 7.27. The third kappa shape index (κ3) is 4.63. The Bertz CT molecular complexity index is 693. The summed E-state index contributed by atoms with van der Waals surface area (Å²) in [5, 5.41) is 2.33. The van der Waals surface area contributed by atoms with Crippen LogP contribution in [-0.2, 0) is 19.1 Å². The van der Waals surface area contributed by atoms with Gasteiger partial charge in [-0.25, -0.2) is 14.0 Å². The average Bonchev–Trinajstić information content (AvgIpc) is 2.36. The van der Waals surface area contributed by atoms with Crippen molar-refractivity contribution in [3.8, 4) is 0 Å². The number of cyclic esters (lactones) is 2. The maximum atomic E-state index is 13.8. The van der Waals surface area contributed by atoms with Gasteiger partial charge in [-0.1, -0.05) is 0 Å². The molecule has 0 saturated carbocycles. The monoisotopic (exact) mass is 365 g/mol. The van der Waals surface area contributed by atoms with Gasteiger partial charge in [0.2, 0.25) is 0 Å². The van der Waals surface area contributed by atoms with E-state index in [1.807, 2.05) is 0 Å². The van der Waals surface area contributed by atoms with Gasteiger partial charge in [0.15, 0.2) is 5.57 Å². The van der Waals surface area contributed by atoms with Crippen molar-refractivity contribution in [3.63, 3.8) is 0 Å². The van der Waals surface area contributed by atoms with Gasteiger partial charge < -0.3 is 14.8 Å². The summed E-state index contributed by atoms with van der Waals surface area (Å²) in [5.74, 6) is -4.33. The summed E-state index contributed by atoms with van der Waals surface area (Å²) in [6.45, 7) is 2.73. The standard InChI is InChI=1S/C14H11F4NO4S/c1-13(2)22-11(20)8(12(21)23-13)6-19-10-4-3-7(5-9(10)15)24-14(16,17)18/h3-6,19H,1-2H3. The minimum atomic E-state index is -4.54. The molecule has 10 heteroatoms. The van der Waals surface area contributed by atoms with E-state index in [2.05, 4.69) is 5.32 Å². The summed E-state index contributed by atoms with van der Waals surface area (Å²) >= 11 is -0.461. The summed E-state index contributed by atoms with van der Waals surface area (Å²) in [6, 6.07) is 2.77. The van der Waals surface area contributed by atoms with Crippen molar-refractivity contribution in [1.29, 1.82) is 0 Å². The van der Waals surface area contributed by atoms with Gasteiger partial charge in [0.1, 0.15) is 5.82 Å². The fourth-order valence-corrected chi connectivity index (χ4v) is 2.30. The number of benzene rings is 1. The number of nitrogens with one attached hydrogen (secondary N) is 1. The Hall–Kier alpha value is -2.23. The number of halogens is 4. The number of rotatable bonds is 3. The number of alkyl halides is 3. The van der Waals surface area contributed by atoms with Gasteiger partial charge in [-0.2, -0.15) is 13.2 Å². The van der Waals surface area contributed by atoms with Crippen LogP contribution in [0.3, 0.4) is 0 Å². The Morgan fingerprint density at radius 3 is 2.25 bits per heavy atom. The largest absolute Gasteiger partial charge is 0.446 e. The molecule has 1 fully saturated rings. The third-order valence-electron chi connectivity index (χ3n) is 2.66. The van der Waals surface area contributed by atoms with E-state index in [0.29, 0.717) is 6.07 Å². The van der Waals surface area contributed by atoms with Gasteiger partial charge in [-0.05, 0) is 30.0 Å². The van der Waals surface area contributed by atoms with Crippen molar-refractivity contribution < 1.29 is 36.6 Å². The van der Waals surface area contributed by atoms with Crippen LogP contribution in [-0.4, -0.2) is 23.2 Å². The molecule has 1 aliphatic rings. The van der Waals surface area contributed by atoms with Crippen molar-refractivity contribution in [3.05, 3.63) is 35.8 Å². The average molecular weight is 365 g/mol. The first-order chi connectivity index (χ1) is 11.0. The van der Waals surface area contributed by atoms with Crippen molar-refractivity contribution in [1.82, 2.24) is 0 Å². The maximum absolute atomic E-state index is 13.8. The molecular formula is C14H11F4NO4S. The molecule has 2 rings (SSSR count). The maximum Gasteiger partial charge on any atom is 0.446 e. The zero-order valence-electron chi connectivity index (χ0n) is 12.4. The predicted octanol–water partition coefficient (Wildman–Crippen LogP) is 3.57. The molecule has 5 nitrogen and oxygen atoms in total. The Balaban J connectivity index is 2.14. The molecule has 130 valence electrons. The number of carbonyl (C=O) groups is 2. The number of esters is 2. The summed E-state index contributed by atoms with van der Waals surface area (Å²) in [7, 11) is 0. The third-order valence-corrected chi connectivity index (χ3v) is 3.38. The van der Waals surface area contributed by atoms with E-state index in [4.69, 9.17) is 9.47 Å². The number of ether oxygens (including phenoxy) is 2. The zero-order chi connectivity index (χ0) is 18.1. The molecule has 0 aromatic heterocycles. The highest BCUT2D eigenvalue weighted by atomic mass is 32.2. The minimum absolute atomic E-state index is 0.223. The normalized spacial score (nSPS) is 17.2. The van der Waals surface area contributed by atoms with Crippen LogP contribution in [0.4, 0.5) is 23.2 Å². The lowest BCUT2D eigenvalue weighted by molar-refractivity contribution is -0.222. The lowest BCUT2D eigenvalue weighted by Gasteiger charge is -2.29. The van der Waals surface area contributed by atoms with Gasteiger partial charge in [0, 0.05) is 24.9 Å². The van der Waals surface area contributed by atoms with Gasteiger partial charge in [0.25, 0.3) is 5.79 Å². The van der Waals surface area contributed by atoms with Crippen LogP contribution in [0.2, 0.25) is 0 Å². The van der Waals surface area contributed by atoms with Crippen LogP contribution in [0.25, 0.3) is 0 Å². The second kappa shape index (κ2) is 6.34. The van der Waals surface area contributed by atoms with Crippen LogP contribution in [0.5, 0.6) is 0 Å². The molecule has 0 aliphatic carbocycles. The second-order valence-electron chi connectivity index (χ2n) is 5.07. The summed E-state index contributed by atoms with van der Waals surface area (Å²) in [6.07, 6.45) is 0.870. The van der Waals surface area contributed by atoms with E-state index in [9.17, 15) is 27.2 Å². The Morgan fingerprint density at radius 2 is 1.75 bits per heavy atom. The second-order valence-corrected chi connectivity index (χ2v) is 6.21. The van der Waals surface area contributed by atoms with Crippen LogP contribution in [0.15, 0.2) is 34.9 Å². The number of hydrogen-bond acceptors (Lipinski definition) is 6. The van der Waals surface area contributed by atoms with Crippen molar-refractivity contribution >= 4 is 29.4 Å². The molecule has 0 atom stereocenters. The van der Waals surface area contributed by atoms with Crippen molar-refractivity contribution in [2.45, 2.75) is 30.0 Å². The van der Waals surface area contributed by atoms with E-state index in [-0.39, 0.29) is 10.6 Å². The highest BCUT2D eigenvalue weighted by molar-refractivity contribution is 8.00. The molecule has 1 heterocycles. The topological polar surface area (TPSA) is 64.6 Å². The fourth-order valence-electron chi connectivity index (χ4n) is 1.74. The van der Waals surface area contributed by atoms with Crippen LogP contribution in [0, 0.1) is 5.82 Å². The smallest absolute Gasteiger partial charge is 0.419 e. The molecule has 0 unspecified atom stereocenters. The lowest BCUT2D eigenvalue weighted by atomic mass is 10.2. The van der Waals surface area contributed by atoms with E-state index in [1.54, 1.807) is 0 Å². The molecule has 24 heavy (non-hydrogen) atoms. The Kier molecular flexibility index (Phi) is 4.79. The van der Waals surface area contributed by atoms with Crippen LogP contribution >= 0.6 is 11.8 Å². The van der Waals surface area contributed by atoms with E-state index in [1.165, 1.54) is 13.8 Å². The van der Waals surface area contributed by atoms with Gasteiger partial charge in [0.05, 0.1) is 5.69 Å². The molecule has 0 radical (unpaired) electrons. The van der Waals surface area contributed by atoms with Gasteiger partial charge in [-0.3, -0.25) is 0 Å². The molecule has 1 aliphatic heterocycles. The minimum Gasteiger partial charge on any atom is -0.419 e. The molecule has 0 bridgehead atoms. The van der Waals surface area contributed by atoms with E-state index in [0.717, 1.165) is 18.3 Å². The summed E-state index contributed by atoms with van der Waals surface area (Å²) < 4.78 is 60.1. The highest BCUT2D eigenvalue weighted by Crippen LogP contribution is 2.37. The number of anilines is 1. The highest BCUT2D eigenvalue weighted by Gasteiger charge is 2.39. The molecule has 0 spiro atoms. The molecular weight excluding hydrogens is 354 g/mol. The number of thioether (sulfide) groups is 1. The number of carbonyl (C=O) groups excluding carboxylic acids is 2. The van der Waals surface area contributed by atoms with Gasteiger partial charge in [-0.15, -0.1) is 0 Å². The van der Waals surface area contributed by atoms with Crippen LogP contribution < -0.4 is 5.32 Å². The molecule has 1 aromatic rings. The molecule has 1 N–H and O–H groups in total. The lowest BCUT2D eigenvalue weighted by Crippen LogP contribution is -2.42. The Labute approximate surface area is 138 Å². The molecule has 1 saturated heterocycles. The first-order valence-electron chi connectivity index (χ1n) is 6.45. The fraction of sp³-hybridized carbons (Fsp3) is 0.286. The quantitative estimate of drug-likeness (QED) is 0.290. The summed E-state index contributed by atoms with van der Waals surface area (Å²) in [4.78, 5) is 23.0. The van der Waals surface area contributed by atoms with E-state index >= 15 is 0 Å². The summed E-state index contributed by atoms with van der Waals surface area (Å²) in [5.41, 5.74) is -5.26. The molecule has 1 aromatic carbocycles.